The number of rotatable bonds is 2. The number of thiophene rings is 1. The fraction of sp³-hybridized carbons (Fsp3) is 0.231. The molecule has 5 heteroatoms. The summed E-state index contributed by atoms with van der Waals surface area (Å²) in [5.74, 6) is 1.11. The van der Waals surface area contributed by atoms with E-state index >= 15 is 0 Å². The van der Waals surface area contributed by atoms with Crippen molar-refractivity contribution in [1.29, 1.82) is 0 Å². The lowest BCUT2D eigenvalue weighted by Crippen LogP contribution is -2.02. The maximum absolute atomic E-state index is 5.92. The molecule has 1 fully saturated rings. The second-order valence-corrected chi connectivity index (χ2v) is 5.64. The largest absolute Gasteiger partial charge is 0.381 e. The highest BCUT2D eigenvalue weighted by Gasteiger charge is 2.31. The molecule has 2 aromatic heterocycles. The summed E-state index contributed by atoms with van der Waals surface area (Å²) in [5, 5.41) is 11.5. The van der Waals surface area contributed by atoms with Gasteiger partial charge in [-0.1, -0.05) is 5.21 Å². The predicted octanol–water partition coefficient (Wildman–Crippen LogP) is 2.94. The Morgan fingerprint density at radius 2 is 2.17 bits per heavy atom. The third kappa shape index (κ3) is 1.44. The zero-order valence-electron chi connectivity index (χ0n) is 9.71. The van der Waals surface area contributed by atoms with Gasteiger partial charge in [0.1, 0.15) is 0 Å². The van der Waals surface area contributed by atoms with E-state index in [1.807, 2.05) is 4.68 Å². The highest BCUT2D eigenvalue weighted by atomic mass is 32.1. The summed E-state index contributed by atoms with van der Waals surface area (Å²) in [5.41, 5.74) is 8.04. The molecule has 0 spiro atoms. The molecule has 0 bridgehead atoms. The van der Waals surface area contributed by atoms with Crippen molar-refractivity contribution in [3.63, 3.8) is 0 Å². The first-order chi connectivity index (χ1) is 8.83. The minimum Gasteiger partial charge on any atom is -0.381 e. The van der Waals surface area contributed by atoms with Crippen LogP contribution in [0.2, 0.25) is 0 Å². The zero-order valence-corrected chi connectivity index (χ0v) is 10.5. The van der Waals surface area contributed by atoms with Gasteiger partial charge in [-0.2, -0.15) is 0 Å². The number of nitrogen functional groups attached to an aromatic ring is 1. The summed E-state index contributed by atoms with van der Waals surface area (Å²) in [7, 11) is 0. The predicted molar refractivity (Wildman–Crippen MR) is 73.1 cm³/mol. The number of hydrogen-bond donors (Lipinski definition) is 1. The first-order valence-corrected chi connectivity index (χ1v) is 6.89. The van der Waals surface area contributed by atoms with Crippen molar-refractivity contribution in [3.05, 3.63) is 35.3 Å². The van der Waals surface area contributed by atoms with E-state index in [0.29, 0.717) is 11.7 Å². The second-order valence-electron chi connectivity index (χ2n) is 4.69. The molecule has 1 saturated carbocycles. The summed E-state index contributed by atoms with van der Waals surface area (Å²) in [4.78, 5) is 0. The van der Waals surface area contributed by atoms with E-state index in [2.05, 4.69) is 40.0 Å². The fourth-order valence-corrected chi connectivity index (χ4v) is 3.09. The molecule has 1 aromatic carbocycles. The molecule has 0 saturated heterocycles. The van der Waals surface area contributed by atoms with Gasteiger partial charge in [0.05, 0.1) is 11.4 Å². The molecular formula is C13H12N4S. The van der Waals surface area contributed by atoms with Crippen LogP contribution < -0.4 is 5.73 Å². The average molecular weight is 256 g/mol. The molecule has 0 amide bonds. The van der Waals surface area contributed by atoms with Crippen molar-refractivity contribution in [2.24, 2.45) is 0 Å². The summed E-state index contributed by atoms with van der Waals surface area (Å²) in [6, 6.07) is 8.48. The normalized spacial score (nSPS) is 15.3. The Morgan fingerprint density at radius 1 is 1.28 bits per heavy atom. The van der Waals surface area contributed by atoms with Gasteiger partial charge in [0.25, 0.3) is 0 Å². The number of nitrogens with two attached hydrogens (primary N) is 1. The summed E-state index contributed by atoms with van der Waals surface area (Å²) >= 11 is 1.75. The Labute approximate surface area is 108 Å². The molecule has 1 aliphatic rings. The van der Waals surface area contributed by atoms with E-state index in [9.17, 15) is 0 Å². The molecule has 3 aromatic rings. The Hall–Kier alpha value is -1.88. The standard InChI is InChI=1S/C13H12N4S/c14-13-12(8-1-2-8)17(16-15-13)10-3-4-11-9(7-10)5-6-18-11/h3-8H,1-2,14H2. The smallest absolute Gasteiger partial charge is 0.169 e. The van der Waals surface area contributed by atoms with Crippen LogP contribution in [-0.2, 0) is 0 Å². The average Bonchev–Trinajstić information content (AvgIpc) is 2.98. The van der Waals surface area contributed by atoms with Crippen LogP contribution in [0.3, 0.4) is 0 Å². The molecule has 2 N–H and O–H groups in total. The van der Waals surface area contributed by atoms with Crippen LogP contribution >= 0.6 is 11.3 Å². The van der Waals surface area contributed by atoms with Gasteiger partial charge in [-0.3, -0.25) is 0 Å². The van der Waals surface area contributed by atoms with Crippen molar-refractivity contribution in [1.82, 2.24) is 15.0 Å². The van der Waals surface area contributed by atoms with Gasteiger partial charge in [0.15, 0.2) is 5.82 Å². The van der Waals surface area contributed by atoms with Crippen LogP contribution in [0, 0.1) is 0 Å². The van der Waals surface area contributed by atoms with Crippen LogP contribution in [0.4, 0.5) is 5.82 Å². The summed E-state index contributed by atoms with van der Waals surface area (Å²) in [6.45, 7) is 0. The molecule has 0 unspecified atom stereocenters. The van der Waals surface area contributed by atoms with Crippen LogP contribution in [0.25, 0.3) is 15.8 Å². The number of aromatic nitrogens is 3. The maximum Gasteiger partial charge on any atom is 0.169 e. The lowest BCUT2D eigenvalue weighted by atomic mass is 10.2. The molecule has 2 heterocycles. The van der Waals surface area contributed by atoms with E-state index in [1.54, 1.807) is 11.3 Å². The SMILES string of the molecule is Nc1nnn(-c2ccc3sccc3c2)c1C1CC1. The monoisotopic (exact) mass is 256 g/mol. The van der Waals surface area contributed by atoms with Gasteiger partial charge in [0, 0.05) is 10.6 Å². The zero-order chi connectivity index (χ0) is 12.1. The Balaban J connectivity index is 1.90. The maximum atomic E-state index is 5.92. The number of hydrogen-bond acceptors (Lipinski definition) is 4. The topological polar surface area (TPSA) is 56.7 Å². The number of fused-ring (bicyclic) bond motifs is 1. The molecule has 4 nitrogen and oxygen atoms in total. The summed E-state index contributed by atoms with van der Waals surface area (Å²) < 4.78 is 3.18. The van der Waals surface area contributed by atoms with Crippen molar-refractivity contribution >= 4 is 27.2 Å². The van der Waals surface area contributed by atoms with Gasteiger partial charge in [-0.25, -0.2) is 4.68 Å². The van der Waals surface area contributed by atoms with Gasteiger partial charge in [-0.15, -0.1) is 16.4 Å². The highest BCUT2D eigenvalue weighted by Crippen LogP contribution is 2.42. The molecule has 18 heavy (non-hydrogen) atoms. The van der Waals surface area contributed by atoms with Gasteiger partial charge < -0.3 is 5.73 Å². The fourth-order valence-electron chi connectivity index (χ4n) is 2.32. The van der Waals surface area contributed by atoms with Crippen molar-refractivity contribution in [3.8, 4) is 5.69 Å². The Morgan fingerprint density at radius 3 is 3.00 bits per heavy atom. The Bertz CT molecular complexity index is 724. The molecule has 90 valence electrons. The van der Waals surface area contributed by atoms with E-state index in [1.165, 1.54) is 22.9 Å². The molecule has 0 aliphatic heterocycles. The van der Waals surface area contributed by atoms with Gasteiger partial charge in [-0.05, 0) is 47.9 Å². The van der Waals surface area contributed by atoms with Crippen LogP contribution in [0.15, 0.2) is 29.6 Å². The molecule has 0 atom stereocenters. The molecule has 1 aliphatic carbocycles. The first kappa shape index (κ1) is 10.1. The van der Waals surface area contributed by atoms with Crippen LogP contribution in [0.1, 0.15) is 24.5 Å². The minimum atomic E-state index is 0.540. The van der Waals surface area contributed by atoms with Crippen molar-refractivity contribution < 1.29 is 0 Å². The van der Waals surface area contributed by atoms with Crippen LogP contribution in [0.5, 0.6) is 0 Å². The first-order valence-electron chi connectivity index (χ1n) is 6.01. The van der Waals surface area contributed by atoms with Crippen molar-refractivity contribution in [2.75, 3.05) is 5.73 Å². The van der Waals surface area contributed by atoms with E-state index < -0.39 is 0 Å². The van der Waals surface area contributed by atoms with E-state index in [-0.39, 0.29) is 0 Å². The van der Waals surface area contributed by atoms with E-state index in [0.717, 1.165) is 11.4 Å². The highest BCUT2D eigenvalue weighted by molar-refractivity contribution is 7.17. The lowest BCUT2D eigenvalue weighted by molar-refractivity contribution is 0.764. The molecule has 4 rings (SSSR count). The number of anilines is 1. The number of benzene rings is 1. The quantitative estimate of drug-likeness (QED) is 0.767. The molecule has 0 radical (unpaired) electrons. The van der Waals surface area contributed by atoms with Gasteiger partial charge >= 0.3 is 0 Å². The summed E-state index contributed by atoms with van der Waals surface area (Å²) in [6.07, 6.45) is 2.39. The minimum absolute atomic E-state index is 0.540. The van der Waals surface area contributed by atoms with E-state index in [4.69, 9.17) is 5.73 Å². The molecular weight excluding hydrogens is 244 g/mol. The van der Waals surface area contributed by atoms with Crippen molar-refractivity contribution in [2.45, 2.75) is 18.8 Å². The Kier molecular flexibility index (Phi) is 1.99. The van der Waals surface area contributed by atoms with Gasteiger partial charge in [0.2, 0.25) is 0 Å². The lowest BCUT2D eigenvalue weighted by Gasteiger charge is -2.05. The van der Waals surface area contributed by atoms with Crippen LogP contribution in [-0.4, -0.2) is 15.0 Å². The third-order valence-corrected chi connectivity index (χ3v) is 4.28. The third-order valence-electron chi connectivity index (χ3n) is 3.38. The number of nitrogens with zero attached hydrogens (tertiary/aromatic N) is 3. The second kappa shape index (κ2) is 3.55.